The third-order valence-electron chi connectivity index (χ3n) is 4.41. The molecule has 0 bridgehead atoms. The van der Waals surface area contributed by atoms with Gasteiger partial charge in [0.15, 0.2) is 5.96 Å². The molecule has 1 saturated heterocycles. The Balaban J connectivity index is 0.00000192. The Morgan fingerprint density at radius 2 is 1.96 bits per heavy atom. The second-order valence-corrected chi connectivity index (χ2v) is 7.39. The first-order valence-electron chi connectivity index (χ1n) is 8.58. The Morgan fingerprint density at radius 3 is 2.65 bits per heavy atom. The predicted molar refractivity (Wildman–Crippen MR) is 109 cm³/mol. The van der Waals surface area contributed by atoms with Crippen molar-refractivity contribution in [3.63, 3.8) is 0 Å². The molecule has 0 amide bonds. The monoisotopic (exact) mass is 449 g/mol. The van der Waals surface area contributed by atoms with Crippen molar-refractivity contribution in [3.8, 4) is 0 Å². The van der Waals surface area contributed by atoms with Gasteiger partial charge in [-0.3, -0.25) is 4.99 Å². The molecule has 1 aromatic rings. The van der Waals surface area contributed by atoms with Crippen LogP contribution in [0.15, 0.2) is 27.8 Å². The number of aliphatic imine (C=N–C) groups is 1. The van der Waals surface area contributed by atoms with Crippen LogP contribution in [-0.2, 0) is 6.42 Å². The van der Waals surface area contributed by atoms with E-state index in [1.165, 1.54) is 50.0 Å². The van der Waals surface area contributed by atoms with E-state index in [1.54, 1.807) is 6.26 Å². The van der Waals surface area contributed by atoms with Crippen molar-refractivity contribution in [3.05, 3.63) is 24.2 Å². The molecule has 0 radical (unpaired) electrons. The Hall–Kier alpha value is -0.370. The van der Waals surface area contributed by atoms with Crippen LogP contribution >= 0.6 is 35.7 Å². The summed E-state index contributed by atoms with van der Waals surface area (Å²) < 4.78 is 5.39. The van der Waals surface area contributed by atoms with Crippen LogP contribution < -0.4 is 10.6 Å². The van der Waals surface area contributed by atoms with Crippen LogP contribution in [0.4, 0.5) is 0 Å². The maximum Gasteiger partial charge on any atom is 0.191 e. The molecule has 0 aromatic carbocycles. The lowest BCUT2D eigenvalue weighted by atomic mass is 10.2. The van der Waals surface area contributed by atoms with Crippen molar-refractivity contribution in [2.75, 3.05) is 18.1 Å². The van der Waals surface area contributed by atoms with Crippen LogP contribution in [0.5, 0.6) is 0 Å². The second kappa shape index (κ2) is 10.5. The van der Waals surface area contributed by atoms with Gasteiger partial charge in [0, 0.05) is 30.8 Å². The standard InChI is InChI=1S/C17H27N3OS.HI/c1-2-6-14(5-1)19-17(20-15-7-4-12-22-13-15)18-10-9-16-8-3-11-21-16;/h3,8,11,14-15H,1-2,4-7,9-10,12-13H2,(H2,18,19,20);1H. The minimum Gasteiger partial charge on any atom is -0.469 e. The first-order valence-corrected chi connectivity index (χ1v) is 9.73. The summed E-state index contributed by atoms with van der Waals surface area (Å²) in [5.74, 6) is 4.52. The number of nitrogens with one attached hydrogen (secondary N) is 2. The third kappa shape index (κ3) is 6.57. The van der Waals surface area contributed by atoms with Gasteiger partial charge in [0.25, 0.3) is 0 Å². The largest absolute Gasteiger partial charge is 0.469 e. The first kappa shape index (κ1) is 19.0. The molecule has 1 aliphatic heterocycles. The zero-order valence-corrected chi connectivity index (χ0v) is 16.8. The van der Waals surface area contributed by atoms with Crippen LogP contribution in [-0.4, -0.2) is 36.1 Å². The first-order chi connectivity index (χ1) is 10.9. The molecule has 23 heavy (non-hydrogen) atoms. The Morgan fingerprint density at radius 1 is 1.17 bits per heavy atom. The lowest BCUT2D eigenvalue weighted by Gasteiger charge is -2.26. The number of guanidine groups is 1. The van der Waals surface area contributed by atoms with Gasteiger partial charge in [-0.05, 0) is 43.6 Å². The van der Waals surface area contributed by atoms with E-state index < -0.39 is 0 Å². The SMILES string of the molecule is I.c1coc(CCN=C(NC2CCCC2)NC2CCCSC2)c1. The van der Waals surface area contributed by atoms with E-state index in [9.17, 15) is 0 Å². The molecule has 1 atom stereocenters. The van der Waals surface area contributed by atoms with Crippen LogP contribution in [0.3, 0.4) is 0 Å². The second-order valence-electron chi connectivity index (χ2n) is 6.24. The molecular formula is C17H28IN3OS. The number of nitrogens with zero attached hydrogens (tertiary/aromatic N) is 1. The lowest BCUT2D eigenvalue weighted by molar-refractivity contribution is 0.509. The van der Waals surface area contributed by atoms with Crippen molar-refractivity contribution in [2.24, 2.45) is 4.99 Å². The van der Waals surface area contributed by atoms with Crippen LogP contribution in [0.1, 0.15) is 44.3 Å². The van der Waals surface area contributed by atoms with E-state index in [2.05, 4.69) is 10.6 Å². The fourth-order valence-electron chi connectivity index (χ4n) is 3.18. The molecule has 130 valence electrons. The van der Waals surface area contributed by atoms with Gasteiger partial charge in [-0.15, -0.1) is 24.0 Å². The molecule has 4 nitrogen and oxygen atoms in total. The molecule has 1 unspecified atom stereocenters. The van der Waals surface area contributed by atoms with E-state index in [0.29, 0.717) is 12.1 Å². The third-order valence-corrected chi connectivity index (χ3v) is 5.62. The highest BCUT2D eigenvalue weighted by molar-refractivity contribution is 14.0. The van der Waals surface area contributed by atoms with Crippen molar-refractivity contribution in [2.45, 2.75) is 57.0 Å². The molecule has 2 N–H and O–H groups in total. The van der Waals surface area contributed by atoms with Crippen molar-refractivity contribution in [1.82, 2.24) is 10.6 Å². The van der Waals surface area contributed by atoms with Gasteiger partial charge >= 0.3 is 0 Å². The Labute approximate surface area is 160 Å². The zero-order valence-electron chi connectivity index (χ0n) is 13.6. The van der Waals surface area contributed by atoms with E-state index in [4.69, 9.17) is 9.41 Å². The highest BCUT2D eigenvalue weighted by Gasteiger charge is 2.19. The summed E-state index contributed by atoms with van der Waals surface area (Å²) in [5.41, 5.74) is 0. The molecule has 1 aromatic heterocycles. The summed E-state index contributed by atoms with van der Waals surface area (Å²) in [6.45, 7) is 0.773. The van der Waals surface area contributed by atoms with Gasteiger partial charge < -0.3 is 15.1 Å². The highest BCUT2D eigenvalue weighted by atomic mass is 127. The van der Waals surface area contributed by atoms with Crippen molar-refractivity contribution < 1.29 is 4.42 Å². The average Bonchev–Trinajstić information content (AvgIpc) is 3.22. The Kier molecular flexibility index (Phi) is 8.64. The quantitative estimate of drug-likeness (QED) is 0.408. The summed E-state index contributed by atoms with van der Waals surface area (Å²) in [7, 11) is 0. The van der Waals surface area contributed by atoms with Crippen LogP contribution in [0.25, 0.3) is 0 Å². The summed E-state index contributed by atoms with van der Waals surface area (Å²) in [6, 6.07) is 5.13. The van der Waals surface area contributed by atoms with Gasteiger partial charge in [-0.1, -0.05) is 12.8 Å². The molecule has 1 aliphatic carbocycles. The van der Waals surface area contributed by atoms with Crippen LogP contribution in [0.2, 0.25) is 0 Å². The molecule has 2 aliphatic rings. The minimum atomic E-state index is 0. The van der Waals surface area contributed by atoms with Crippen molar-refractivity contribution in [1.29, 1.82) is 0 Å². The number of furan rings is 1. The normalized spacial score (nSPS) is 22.6. The molecule has 3 rings (SSSR count). The Bertz CT molecular complexity index is 454. The summed E-state index contributed by atoms with van der Waals surface area (Å²) >= 11 is 2.05. The number of hydrogen-bond donors (Lipinski definition) is 2. The number of halogens is 1. The fraction of sp³-hybridized carbons (Fsp3) is 0.706. The summed E-state index contributed by atoms with van der Waals surface area (Å²) in [6.07, 6.45) is 10.4. The molecule has 0 spiro atoms. The molecular weight excluding hydrogens is 421 g/mol. The van der Waals surface area contributed by atoms with Gasteiger partial charge in [-0.25, -0.2) is 0 Å². The van der Waals surface area contributed by atoms with Gasteiger partial charge in [0.2, 0.25) is 0 Å². The van der Waals surface area contributed by atoms with Crippen molar-refractivity contribution >= 4 is 41.7 Å². The summed E-state index contributed by atoms with van der Waals surface area (Å²) in [4.78, 5) is 4.78. The fourth-order valence-corrected chi connectivity index (χ4v) is 4.25. The van der Waals surface area contributed by atoms with Gasteiger partial charge in [0.1, 0.15) is 5.76 Å². The van der Waals surface area contributed by atoms with Gasteiger partial charge in [0.05, 0.1) is 6.26 Å². The average molecular weight is 449 g/mol. The molecule has 6 heteroatoms. The van der Waals surface area contributed by atoms with E-state index >= 15 is 0 Å². The summed E-state index contributed by atoms with van der Waals surface area (Å²) in [5, 5.41) is 7.29. The maximum atomic E-state index is 5.39. The lowest BCUT2D eigenvalue weighted by Crippen LogP contribution is -2.48. The number of hydrogen-bond acceptors (Lipinski definition) is 3. The van der Waals surface area contributed by atoms with E-state index in [-0.39, 0.29) is 24.0 Å². The molecule has 1 saturated carbocycles. The number of rotatable bonds is 5. The highest BCUT2D eigenvalue weighted by Crippen LogP contribution is 2.19. The van der Waals surface area contributed by atoms with Crippen LogP contribution in [0, 0.1) is 0 Å². The number of thioether (sulfide) groups is 1. The minimum absolute atomic E-state index is 0. The predicted octanol–water partition coefficient (Wildman–Crippen LogP) is 3.81. The molecule has 2 heterocycles. The van der Waals surface area contributed by atoms with E-state index in [1.807, 2.05) is 23.9 Å². The maximum absolute atomic E-state index is 5.39. The molecule has 2 fully saturated rings. The topological polar surface area (TPSA) is 49.6 Å². The zero-order chi connectivity index (χ0) is 15.0. The smallest absolute Gasteiger partial charge is 0.191 e. The van der Waals surface area contributed by atoms with Gasteiger partial charge in [-0.2, -0.15) is 11.8 Å². The van der Waals surface area contributed by atoms with E-state index in [0.717, 1.165) is 24.7 Å².